The van der Waals surface area contributed by atoms with E-state index in [9.17, 15) is 39.9 Å². The van der Waals surface area contributed by atoms with Crippen molar-refractivity contribution >= 4 is 24.0 Å². The number of hydrogen-bond acceptors (Lipinski definition) is 11. The highest BCUT2D eigenvalue weighted by molar-refractivity contribution is 5.90. The summed E-state index contributed by atoms with van der Waals surface area (Å²) in [5.74, 6) is -4.54. The summed E-state index contributed by atoms with van der Waals surface area (Å²) in [6.45, 7) is 1.68. The zero-order chi connectivity index (χ0) is 29.4. The van der Waals surface area contributed by atoms with Gasteiger partial charge < -0.3 is 39.7 Å². The molecule has 3 aromatic carbocycles. The first-order valence-electron chi connectivity index (χ1n) is 11.9. The number of carbonyl (C=O) groups excluding carboxylic acids is 3. The topological polar surface area (TPSA) is 180 Å². The lowest BCUT2D eigenvalue weighted by Crippen LogP contribution is -2.38. The summed E-state index contributed by atoms with van der Waals surface area (Å²) in [5, 5.41) is 48.4. The minimum atomic E-state index is -1.58. The Balaban J connectivity index is 1.83. The predicted octanol–water partition coefficient (Wildman–Crippen LogP) is 3.02. The van der Waals surface area contributed by atoms with Crippen LogP contribution in [-0.2, 0) is 41.4 Å². The standard InChI is InChI=1S/C29H28O11/c1-16-11-17(3-7-20(16)30)6-10-27(35)39-26(15-19-5-9-22(32)24(34)13-19)29(37)40-25(28(36)38-2)14-18-4-8-21(31)23(33)12-18/h3-13,25-26,30-34H,14-15H2,1-2H3. The maximum absolute atomic E-state index is 13.2. The number of hydrogen-bond donors (Lipinski definition) is 5. The van der Waals surface area contributed by atoms with Crippen molar-refractivity contribution < 1.29 is 54.1 Å². The molecule has 3 aromatic rings. The summed E-state index contributed by atoms with van der Waals surface area (Å²) in [6, 6.07) is 12.2. The minimum absolute atomic E-state index is 0.0855. The van der Waals surface area contributed by atoms with E-state index >= 15 is 0 Å². The number of ether oxygens (including phenoxy) is 3. The number of rotatable bonds is 10. The van der Waals surface area contributed by atoms with Gasteiger partial charge in [-0.25, -0.2) is 14.4 Å². The van der Waals surface area contributed by atoms with E-state index in [1.807, 2.05) is 0 Å². The van der Waals surface area contributed by atoms with Crippen molar-refractivity contribution in [3.05, 3.63) is 82.9 Å². The quantitative estimate of drug-likeness (QED) is 0.108. The molecule has 0 bridgehead atoms. The van der Waals surface area contributed by atoms with E-state index in [2.05, 4.69) is 0 Å². The zero-order valence-electron chi connectivity index (χ0n) is 21.6. The number of aromatic hydroxyl groups is 5. The molecule has 0 aliphatic rings. The molecule has 0 aliphatic heterocycles. The Labute approximate surface area is 229 Å². The van der Waals surface area contributed by atoms with Gasteiger partial charge in [0.25, 0.3) is 0 Å². The monoisotopic (exact) mass is 552 g/mol. The summed E-state index contributed by atoms with van der Waals surface area (Å²) in [5.41, 5.74) is 1.81. The maximum atomic E-state index is 13.2. The zero-order valence-corrected chi connectivity index (χ0v) is 21.6. The molecule has 0 aromatic heterocycles. The van der Waals surface area contributed by atoms with E-state index < -0.39 is 47.4 Å². The molecule has 5 N–H and O–H groups in total. The SMILES string of the molecule is COC(=O)C(Cc1ccc(O)c(O)c1)OC(=O)C(Cc1ccc(O)c(O)c1)OC(=O)C=Cc1ccc(O)c(C)c1. The third kappa shape index (κ3) is 7.90. The van der Waals surface area contributed by atoms with Crippen molar-refractivity contribution in [3.63, 3.8) is 0 Å². The van der Waals surface area contributed by atoms with Crippen LogP contribution in [-0.4, -0.2) is 62.8 Å². The number of carbonyl (C=O) groups is 3. The number of phenolic OH excluding ortho intramolecular Hbond substituents is 5. The molecule has 3 rings (SSSR count). The molecule has 0 aliphatic carbocycles. The summed E-state index contributed by atoms with van der Waals surface area (Å²) in [6.07, 6.45) is -1.10. The van der Waals surface area contributed by atoms with Gasteiger partial charge in [0.1, 0.15) is 5.75 Å². The van der Waals surface area contributed by atoms with Gasteiger partial charge in [0.2, 0.25) is 12.2 Å². The van der Waals surface area contributed by atoms with Crippen LogP contribution in [0.5, 0.6) is 28.7 Å². The van der Waals surface area contributed by atoms with Gasteiger partial charge in [0.05, 0.1) is 7.11 Å². The van der Waals surface area contributed by atoms with E-state index in [-0.39, 0.29) is 24.3 Å². The fraction of sp³-hybridized carbons (Fsp3) is 0.207. The van der Waals surface area contributed by atoms with Crippen molar-refractivity contribution in [1.82, 2.24) is 0 Å². The van der Waals surface area contributed by atoms with Gasteiger partial charge in [0.15, 0.2) is 23.0 Å². The third-order valence-electron chi connectivity index (χ3n) is 5.80. The van der Waals surface area contributed by atoms with Crippen LogP contribution in [0.2, 0.25) is 0 Å². The normalized spacial score (nSPS) is 12.4. The highest BCUT2D eigenvalue weighted by atomic mass is 16.6. The molecule has 0 saturated heterocycles. The van der Waals surface area contributed by atoms with Crippen molar-refractivity contribution in [2.45, 2.75) is 32.0 Å². The van der Waals surface area contributed by atoms with Gasteiger partial charge in [-0.15, -0.1) is 0 Å². The van der Waals surface area contributed by atoms with Crippen LogP contribution in [0.25, 0.3) is 6.08 Å². The van der Waals surface area contributed by atoms with Crippen LogP contribution in [0.3, 0.4) is 0 Å². The first kappa shape index (κ1) is 29.4. The molecule has 0 heterocycles. The highest BCUT2D eigenvalue weighted by Crippen LogP contribution is 2.27. The van der Waals surface area contributed by atoms with Gasteiger partial charge in [-0.3, -0.25) is 0 Å². The van der Waals surface area contributed by atoms with Gasteiger partial charge in [0, 0.05) is 18.9 Å². The Morgan fingerprint density at radius 1 is 0.700 bits per heavy atom. The van der Waals surface area contributed by atoms with Gasteiger partial charge in [-0.2, -0.15) is 0 Å². The summed E-state index contributed by atoms with van der Waals surface area (Å²) in [7, 11) is 1.09. The van der Waals surface area contributed by atoms with Crippen molar-refractivity contribution in [1.29, 1.82) is 0 Å². The lowest BCUT2D eigenvalue weighted by atomic mass is 10.1. The van der Waals surface area contributed by atoms with Crippen LogP contribution in [0, 0.1) is 6.92 Å². The Morgan fingerprint density at radius 3 is 1.73 bits per heavy atom. The molecule has 2 unspecified atom stereocenters. The predicted molar refractivity (Wildman–Crippen MR) is 141 cm³/mol. The largest absolute Gasteiger partial charge is 0.508 e. The number of esters is 3. The lowest BCUT2D eigenvalue weighted by molar-refractivity contribution is -0.176. The first-order chi connectivity index (χ1) is 19.0. The molecule has 0 saturated carbocycles. The second-order valence-electron chi connectivity index (χ2n) is 8.81. The van der Waals surface area contributed by atoms with Gasteiger partial charge in [-0.05, 0) is 71.7 Å². The first-order valence-corrected chi connectivity index (χ1v) is 11.9. The summed E-state index contributed by atoms with van der Waals surface area (Å²) >= 11 is 0. The Bertz CT molecular complexity index is 1430. The molecule has 210 valence electrons. The number of phenols is 5. The van der Waals surface area contributed by atoms with Crippen molar-refractivity contribution in [3.8, 4) is 28.7 Å². The van der Waals surface area contributed by atoms with E-state index in [1.165, 1.54) is 48.5 Å². The maximum Gasteiger partial charge on any atom is 0.348 e. The van der Waals surface area contributed by atoms with Gasteiger partial charge >= 0.3 is 17.9 Å². The van der Waals surface area contributed by atoms with Crippen LogP contribution in [0.4, 0.5) is 0 Å². The van der Waals surface area contributed by atoms with Crippen molar-refractivity contribution in [2.24, 2.45) is 0 Å². The van der Waals surface area contributed by atoms with Crippen LogP contribution in [0.15, 0.2) is 60.7 Å². The molecule has 0 radical (unpaired) electrons. The molecule has 11 heteroatoms. The average molecular weight is 553 g/mol. The summed E-state index contributed by atoms with van der Waals surface area (Å²) in [4.78, 5) is 38.2. The number of aryl methyl sites for hydroxylation is 1. The Kier molecular flexibility index (Phi) is 9.58. The minimum Gasteiger partial charge on any atom is -0.508 e. The molecule has 0 amide bonds. The molecule has 40 heavy (non-hydrogen) atoms. The highest BCUT2D eigenvalue weighted by Gasteiger charge is 2.31. The fourth-order valence-corrected chi connectivity index (χ4v) is 3.64. The van der Waals surface area contributed by atoms with E-state index in [4.69, 9.17) is 14.2 Å². The summed E-state index contributed by atoms with van der Waals surface area (Å²) < 4.78 is 15.4. The molecule has 2 atom stereocenters. The van der Waals surface area contributed by atoms with Crippen LogP contribution >= 0.6 is 0 Å². The molecule has 0 fully saturated rings. The second kappa shape index (κ2) is 13.1. The smallest absolute Gasteiger partial charge is 0.348 e. The fourth-order valence-electron chi connectivity index (χ4n) is 3.64. The number of methoxy groups -OCH3 is 1. The van der Waals surface area contributed by atoms with Crippen LogP contribution in [0.1, 0.15) is 22.3 Å². The van der Waals surface area contributed by atoms with E-state index in [0.717, 1.165) is 13.2 Å². The lowest BCUT2D eigenvalue weighted by Gasteiger charge is -2.21. The number of benzene rings is 3. The second-order valence-corrected chi connectivity index (χ2v) is 8.81. The Morgan fingerprint density at radius 2 is 1.23 bits per heavy atom. The molecule has 11 nitrogen and oxygen atoms in total. The van der Waals surface area contributed by atoms with Gasteiger partial charge in [-0.1, -0.05) is 18.2 Å². The third-order valence-corrected chi connectivity index (χ3v) is 5.80. The molecular formula is C29H28O11. The van der Waals surface area contributed by atoms with Crippen LogP contribution < -0.4 is 0 Å². The van der Waals surface area contributed by atoms with E-state index in [0.29, 0.717) is 22.3 Å². The average Bonchev–Trinajstić information content (AvgIpc) is 2.92. The van der Waals surface area contributed by atoms with Crippen molar-refractivity contribution in [2.75, 3.05) is 7.11 Å². The molecule has 0 spiro atoms. The Hall–Kier alpha value is -5.19. The van der Waals surface area contributed by atoms with E-state index in [1.54, 1.807) is 19.1 Å². The molecular weight excluding hydrogens is 524 g/mol.